The highest BCUT2D eigenvalue weighted by molar-refractivity contribution is 6.09. The van der Waals surface area contributed by atoms with E-state index < -0.39 is 0 Å². The first-order valence-corrected chi connectivity index (χ1v) is 6.45. The molecule has 4 nitrogen and oxygen atoms in total. The molecule has 0 amide bonds. The molecule has 0 bridgehead atoms. The van der Waals surface area contributed by atoms with E-state index in [9.17, 15) is 15.0 Å². The number of hydrogen-bond donors (Lipinski definition) is 3. The van der Waals surface area contributed by atoms with E-state index in [2.05, 4.69) is 4.98 Å². The molecule has 21 heavy (non-hydrogen) atoms. The summed E-state index contributed by atoms with van der Waals surface area (Å²) in [7, 11) is 0. The van der Waals surface area contributed by atoms with E-state index in [1.165, 1.54) is 18.2 Å². The lowest BCUT2D eigenvalue weighted by Crippen LogP contribution is -1.94. The predicted molar refractivity (Wildman–Crippen MR) is 81.4 cm³/mol. The van der Waals surface area contributed by atoms with Crippen molar-refractivity contribution >= 4 is 22.8 Å². The van der Waals surface area contributed by atoms with Crippen LogP contribution in [-0.2, 0) is 0 Å². The number of allylic oxidation sites excluding steroid dienone is 1. The maximum absolute atomic E-state index is 12.1. The van der Waals surface area contributed by atoms with Crippen molar-refractivity contribution in [2.45, 2.75) is 0 Å². The van der Waals surface area contributed by atoms with Gasteiger partial charge in [0.2, 0.25) is 0 Å². The molecule has 3 N–H and O–H groups in total. The van der Waals surface area contributed by atoms with Crippen LogP contribution in [0, 0.1) is 0 Å². The molecular formula is C17H13NO3. The minimum atomic E-state index is -0.321. The van der Waals surface area contributed by atoms with E-state index in [-0.39, 0.29) is 22.8 Å². The Morgan fingerprint density at radius 1 is 1.10 bits per heavy atom. The summed E-state index contributed by atoms with van der Waals surface area (Å²) in [5, 5.41) is 19.9. The topological polar surface area (TPSA) is 73.3 Å². The minimum Gasteiger partial charge on any atom is -0.508 e. The summed E-state index contributed by atoms with van der Waals surface area (Å²) in [6, 6.07) is 11.7. The van der Waals surface area contributed by atoms with Crippen LogP contribution in [0.1, 0.15) is 15.9 Å². The number of phenols is 2. The number of phenolic OH excluding ortho intramolecular Hbond substituents is 2. The van der Waals surface area contributed by atoms with Gasteiger partial charge < -0.3 is 15.2 Å². The van der Waals surface area contributed by atoms with Gasteiger partial charge in [0.25, 0.3) is 0 Å². The van der Waals surface area contributed by atoms with Crippen LogP contribution in [0.4, 0.5) is 0 Å². The molecular weight excluding hydrogens is 266 g/mol. The third-order valence-corrected chi connectivity index (χ3v) is 3.28. The van der Waals surface area contributed by atoms with Gasteiger partial charge in [0.15, 0.2) is 5.78 Å². The largest absolute Gasteiger partial charge is 0.508 e. The molecule has 4 heteroatoms. The molecule has 104 valence electrons. The van der Waals surface area contributed by atoms with Crippen molar-refractivity contribution in [3.8, 4) is 11.5 Å². The molecule has 1 aromatic heterocycles. The number of H-pyrrole nitrogens is 1. The Hall–Kier alpha value is -3.01. The Kier molecular flexibility index (Phi) is 3.20. The van der Waals surface area contributed by atoms with Gasteiger partial charge in [0.05, 0.1) is 5.56 Å². The zero-order valence-electron chi connectivity index (χ0n) is 11.1. The highest BCUT2D eigenvalue weighted by Gasteiger charge is 2.09. The molecule has 0 fully saturated rings. The molecule has 0 aliphatic rings. The number of aromatic hydroxyl groups is 2. The average Bonchev–Trinajstić information content (AvgIpc) is 2.88. The summed E-state index contributed by atoms with van der Waals surface area (Å²) < 4.78 is 0. The van der Waals surface area contributed by atoms with Crippen LogP contribution < -0.4 is 0 Å². The van der Waals surface area contributed by atoms with Crippen LogP contribution in [0.5, 0.6) is 11.5 Å². The quantitative estimate of drug-likeness (QED) is 0.507. The lowest BCUT2D eigenvalue weighted by atomic mass is 10.1. The normalized spacial score (nSPS) is 11.2. The fraction of sp³-hybridized carbons (Fsp3) is 0. The van der Waals surface area contributed by atoms with Gasteiger partial charge >= 0.3 is 0 Å². The third-order valence-electron chi connectivity index (χ3n) is 3.28. The van der Waals surface area contributed by atoms with Gasteiger partial charge in [-0.15, -0.1) is 0 Å². The van der Waals surface area contributed by atoms with Crippen molar-refractivity contribution in [3.63, 3.8) is 0 Å². The van der Waals surface area contributed by atoms with E-state index in [4.69, 9.17) is 0 Å². The number of hydrogen-bond acceptors (Lipinski definition) is 3. The van der Waals surface area contributed by atoms with Crippen LogP contribution in [0.15, 0.2) is 54.7 Å². The van der Waals surface area contributed by atoms with Crippen LogP contribution in [0.2, 0.25) is 0 Å². The van der Waals surface area contributed by atoms with Crippen LogP contribution in [0.25, 0.3) is 17.0 Å². The third kappa shape index (κ3) is 2.51. The Morgan fingerprint density at radius 3 is 2.71 bits per heavy atom. The van der Waals surface area contributed by atoms with E-state index in [1.54, 1.807) is 6.08 Å². The lowest BCUT2D eigenvalue weighted by Gasteiger charge is -2.00. The Morgan fingerprint density at radius 2 is 1.90 bits per heavy atom. The number of ketones is 1. The summed E-state index contributed by atoms with van der Waals surface area (Å²) in [6.07, 6.45) is 4.93. The maximum atomic E-state index is 12.1. The number of carbonyl (C=O) groups excluding carboxylic acids is 1. The first-order chi connectivity index (χ1) is 10.1. The second kappa shape index (κ2) is 5.17. The maximum Gasteiger partial charge on any atom is 0.189 e. The van der Waals surface area contributed by atoms with E-state index in [1.807, 2.05) is 30.5 Å². The SMILES string of the molecule is O=C(/C=C/c1c[nH]c2ccccc12)c1ccc(O)cc1O. The summed E-state index contributed by atoms with van der Waals surface area (Å²) >= 11 is 0. The van der Waals surface area contributed by atoms with Gasteiger partial charge in [0.1, 0.15) is 11.5 Å². The van der Waals surface area contributed by atoms with Gasteiger partial charge in [0, 0.05) is 23.2 Å². The molecule has 2 aromatic carbocycles. The predicted octanol–water partition coefficient (Wildman–Crippen LogP) is 3.48. The van der Waals surface area contributed by atoms with E-state index in [0.717, 1.165) is 22.5 Å². The van der Waals surface area contributed by atoms with Crippen molar-refractivity contribution in [2.24, 2.45) is 0 Å². The minimum absolute atomic E-state index is 0.0790. The zero-order valence-corrected chi connectivity index (χ0v) is 11.1. The number of carbonyl (C=O) groups is 1. The molecule has 0 saturated carbocycles. The number of para-hydroxylation sites is 1. The van der Waals surface area contributed by atoms with Crippen molar-refractivity contribution in [1.82, 2.24) is 4.98 Å². The first kappa shape index (κ1) is 13.0. The summed E-state index contributed by atoms with van der Waals surface area (Å²) in [6.45, 7) is 0. The zero-order chi connectivity index (χ0) is 14.8. The summed E-state index contributed by atoms with van der Waals surface area (Å²) in [4.78, 5) is 15.2. The van der Waals surface area contributed by atoms with Crippen LogP contribution in [-0.4, -0.2) is 21.0 Å². The highest BCUT2D eigenvalue weighted by atomic mass is 16.3. The molecule has 3 rings (SSSR count). The number of fused-ring (bicyclic) bond motifs is 1. The Labute approximate surface area is 121 Å². The van der Waals surface area contributed by atoms with Gasteiger partial charge in [-0.3, -0.25) is 4.79 Å². The average molecular weight is 279 g/mol. The fourth-order valence-corrected chi connectivity index (χ4v) is 2.22. The van der Waals surface area contributed by atoms with E-state index in [0.29, 0.717) is 0 Å². The van der Waals surface area contributed by atoms with Gasteiger partial charge in [-0.05, 0) is 35.9 Å². The van der Waals surface area contributed by atoms with Crippen molar-refractivity contribution < 1.29 is 15.0 Å². The van der Waals surface area contributed by atoms with E-state index >= 15 is 0 Å². The molecule has 0 atom stereocenters. The Balaban J connectivity index is 1.90. The molecule has 1 heterocycles. The van der Waals surface area contributed by atoms with Gasteiger partial charge in [-0.2, -0.15) is 0 Å². The van der Waals surface area contributed by atoms with Crippen LogP contribution in [0.3, 0.4) is 0 Å². The number of aromatic nitrogens is 1. The number of benzene rings is 2. The van der Waals surface area contributed by atoms with Crippen molar-refractivity contribution in [1.29, 1.82) is 0 Å². The monoisotopic (exact) mass is 279 g/mol. The van der Waals surface area contributed by atoms with Crippen molar-refractivity contribution in [2.75, 3.05) is 0 Å². The standard InChI is InChI=1S/C17H13NO3/c19-12-6-7-14(17(21)9-12)16(20)8-5-11-10-18-15-4-2-1-3-13(11)15/h1-10,18-19,21H/b8-5+. The van der Waals surface area contributed by atoms with Crippen LogP contribution >= 0.6 is 0 Å². The van der Waals surface area contributed by atoms with Crippen molar-refractivity contribution in [3.05, 3.63) is 65.9 Å². The molecule has 0 saturated heterocycles. The second-order valence-corrected chi connectivity index (χ2v) is 4.69. The number of nitrogens with one attached hydrogen (secondary N) is 1. The second-order valence-electron chi connectivity index (χ2n) is 4.69. The Bertz CT molecular complexity index is 846. The first-order valence-electron chi connectivity index (χ1n) is 6.45. The molecule has 0 radical (unpaired) electrons. The molecule has 0 spiro atoms. The molecule has 3 aromatic rings. The summed E-state index contributed by atoms with van der Waals surface area (Å²) in [5.41, 5.74) is 2.05. The number of rotatable bonds is 3. The highest BCUT2D eigenvalue weighted by Crippen LogP contribution is 2.24. The lowest BCUT2D eigenvalue weighted by molar-refractivity contribution is 0.104. The van der Waals surface area contributed by atoms with Gasteiger partial charge in [-0.25, -0.2) is 0 Å². The van der Waals surface area contributed by atoms with Gasteiger partial charge in [-0.1, -0.05) is 18.2 Å². The molecule has 0 aliphatic carbocycles. The molecule has 0 unspecified atom stereocenters. The fourth-order valence-electron chi connectivity index (χ4n) is 2.22. The smallest absolute Gasteiger partial charge is 0.189 e. The molecule has 0 aliphatic heterocycles. The summed E-state index contributed by atoms with van der Waals surface area (Å²) in [5.74, 6) is -0.633. The number of aromatic amines is 1.